The predicted octanol–water partition coefficient (Wildman–Crippen LogP) is 10.4. The van der Waals surface area contributed by atoms with Gasteiger partial charge in [0.2, 0.25) is 15.9 Å². The summed E-state index contributed by atoms with van der Waals surface area (Å²) >= 11 is 0. The van der Waals surface area contributed by atoms with Crippen LogP contribution in [0.1, 0.15) is 159 Å². The van der Waals surface area contributed by atoms with Gasteiger partial charge in [-0.15, -0.1) is 0 Å². The number of benzene rings is 1. The Hall–Kier alpha value is -3.11. The molecule has 4 rings (SSSR count). The maximum atomic E-state index is 13.8. The maximum absolute atomic E-state index is 13.8. The van der Waals surface area contributed by atoms with Crippen LogP contribution in [0.4, 0.5) is 0 Å². The molecule has 276 valence electrons. The molecular formula is C40H62N6O3S. The first-order valence-electron chi connectivity index (χ1n) is 19.4. The number of nitrogens with zero attached hydrogens (tertiary/aromatic N) is 6. The zero-order chi connectivity index (χ0) is 35.8. The van der Waals surface area contributed by atoms with E-state index < -0.39 is 16.1 Å². The molecular weight excluding hydrogens is 645 g/mol. The van der Waals surface area contributed by atoms with E-state index in [9.17, 15) is 8.42 Å². The minimum Gasteiger partial charge on any atom is -0.338 e. The van der Waals surface area contributed by atoms with Crippen LogP contribution in [0.15, 0.2) is 52.1 Å². The molecule has 0 spiro atoms. The van der Waals surface area contributed by atoms with Crippen molar-refractivity contribution in [3.63, 3.8) is 0 Å². The summed E-state index contributed by atoms with van der Waals surface area (Å²) in [6, 6.07) is 8.50. The summed E-state index contributed by atoms with van der Waals surface area (Å²) in [5.41, 5.74) is 2.83. The molecule has 1 aromatic carbocycles. The first-order valence-corrected chi connectivity index (χ1v) is 20.8. The summed E-state index contributed by atoms with van der Waals surface area (Å²) in [4.78, 5) is 13.7. The molecule has 10 heteroatoms. The zero-order valence-electron chi connectivity index (χ0n) is 31.4. The molecule has 3 heterocycles. The lowest BCUT2D eigenvalue weighted by atomic mass is 10.0. The summed E-state index contributed by atoms with van der Waals surface area (Å²) in [6.45, 7) is 8.98. The third kappa shape index (κ3) is 12.0. The summed E-state index contributed by atoms with van der Waals surface area (Å²) in [5, 5.41) is 4.25. The van der Waals surface area contributed by atoms with E-state index in [4.69, 9.17) is 9.51 Å². The standard InChI is InChI=1S/C40H62N6O3S/c1-6-7-8-9-10-11-12-13-14-15-16-17-18-19-20-21-22-39-43-40(49-44-39)38(29-32(2)3)45(5)50(47,48)35-25-23-34(24-26-35)31-46-33(4)42-36-30-41-28-27-37(36)46/h23-28,30,32,38H,6-22,29,31H2,1-5H3. The van der Waals surface area contributed by atoms with Crippen molar-refractivity contribution in [3.8, 4) is 0 Å². The van der Waals surface area contributed by atoms with Crippen molar-refractivity contribution in [1.29, 1.82) is 0 Å². The fourth-order valence-electron chi connectivity index (χ4n) is 6.77. The zero-order valence-corrected chi connectivity index (χ0v) is 32.3. The highest BCUT2D eigenvalue weighted by atomic mass is 32.2. The van der Waals surface area contributed by atoms with Gasteiger partial charge < -0.3 is 9.09 Å². The van der Waals surface area contributed by atoms with Gasteiger partial charge >= 0.3 is 0 Å². The molecule has 0 aliphatic carbocycles. The molecule has 0 saturated heterocycles. The molecule has 1 atom stereocenters. The van der Waals surface area contributed by atoms with Gasteiger partial charge in [0.25, 0.3) is 0 Å². The summed E-state index contributed by atoms with van der Waals surface area (Å²) < 4.78 is 36.9. The lowest BCUT2D eigenvalue weighted by molar-refractivity contribution is 0.247. The maximum Gasteiger partial charge on any atom is 0.245 e. The van der Waals surface area contributed by atoms with E-state index in [-0.39, 0.29) is 10.8 Å². The van der Waals surface area contributed by atoms with Gasteiger partial charge in [0.1, 0.15) is 17.4 Å². The van der Waals surface area contributed by atoms with Crippen LogP contribution in [-0.4, -0.2) is 44.4 Å². The summed E-state index contributed by atoms with van der Waals surface area (Å²) in [7, 11) is -2.19. The number of sulfonamides is 1. The van der Waals surface area contributed by atoms with Crippen LogP contribution < -0.4 is 0 Å². The average molecular weight is 707 g/mol. The van der Waals surface area contributed by atoms with Crippen LogP contribution in [0.5, 0.6) is 0 Å². The highest BCUT2D eigenvalue weighted by Gasteiger charge is 2.33. The van der Waals surface area contributed by atoms with Crippen molar-refractivity contribution in [2.24, 2.45) is 5.92 Å². The van der Waals surface area contributed by atoms with Crippen molar-refractivity contribution >= 4 is 21.1 Å². The molecule has 0 N–H and O–H groups in total. The number of hydrogen-bond acceptors (Lipinski definition) is 7. The Labute approximate surface area is 301 Å². The van der Waals surface area contributed by atoms with E-state index in [0.717, 1.165) is 41.7 Å². The van der Waals surface area contributed by atoms with Crippen molar-refractivity contribution in [2.75, 3.05) is 7.05 Å². The van der Waals surface area contributed by atoms with Crippen LogP contribution >= 0.6 is 0 Å². The molecule has 0 saturated carbocycles. The van der Waals surface area contributed by atoms with E-state index in [1.165, 1.54) is 94.2 Å². The summed E-state index contributed by atoms with van der Waals surface area (Å²) in [6.07, 6.45) is 26.2. The van der Waals surface area contributed by atoms with Gasteiger partial charge in [0, 0.05) is 26.2 Å². The van der Waals surface area contributed by atoms with Crippen LogP contribution in [0, 0.1) is 12.8 Å². The predicted molar refractivity (Wildman–Crippen MR) is 203 cm³/mol. The molecule has 0 radical (unpaired) electrons. The summed E-state index contributed by atoms with van der Waals surface area (Å²) in [5.74, 6) is 2.14. The van der Waals surface area contributed by atoms with Crippen LogP contribution in [-0.2, 0) is 23.0 Å². The highest BCUT2D eigenvalue weighted by molar-refractivity contribution is 7.89. The first kappa shape index (κ1) is 39.7. The molecule has 0 fully saturated rings. The second-order valence-electron chi connectivity index (χ2n) is 14.5. The smallest absolute Gasteiger partial charge is 0.245 e. The Bertz CT molecular complexity index is 1650. The van der Waals surface area contributed by atoms with Gasteiger partial charge in [-0.3, -0.25) is 4.98 Å². The van der Waals surface area contributed by atoms with Gasteiger partial charge in [-0.1, -0.05) is 134 Å². The Kier molecular flexibility index (Phi) is 16.4. The topological polar surface area (TPSA) is 107 Å². The van der Waals surface area contributed by atoms with Crippen LogP contribution in [0.2, 0.25) is 0 Å². The Morgan fingerprint density at radius 2 is 1.38 bits per heavy atom. The van der Waals surface area contributed by atoms with Crippen molar-refractivity contribution in [2.45, 2.75) is 161 Å². The highest BCUT2D eigenvalue weighted by Crippen LogP contribution is 2.31. The fraction of sp³-hybridized carbons (Fsp3) is 0.650. The van der Waals surface area contributed by atoms with E-state index >= 15 is 0 Å². The number of aryl methyl sites for hydroxylation is 2. The molecule has 4 aromatic rings. The molecule has 9 nitrogen and oxygen atoms in total. The Morgan fingerprint density at radius 1 is 0.800 bits per heavy atom. The first-order chi connectivity index (χ1) is 24.2. The molecule has 50 heavy (non-hydrogen) atoms. The lowest BCUT2D eigenvalue weighted by Crippen LogP contribution is -2.32. The van der Waals surface area contributed by atoms with Gasteiger partial charge in [-0.25, -0.2) is 13.4 Å². The Balaban J connectivity index is 1.20. The second-order valence-corrected chi connectivity index (χ2v) is 16.5. The monoisotopic (exact) mass is 706 g/mol. The van der Waals surface area contributed by atoms with E-state index in [1.807, 2.05) is 25.1 Å². The largest absolute Gasteiger partial charge is 0.338 e. The van der Waals surface area contributed by atoms with E-state index in [1.54, 1.807) is 31.6 Å². The minimum absolute atomic E-state index is 0.235. The quantitative estimate of drug-likeness (QED) is 0.0631. The van der Waals surface area contributed by atoms with Crippen molar-refractivity contribution in [1.82, 2.24) is 29.0 Å². The fourth-order valence-corrected chi connectivity index (χ4v) is 8.10. The molecule has 1 unspecified atom stereocenters. The van der Waals surface area contributed by atoms with Gasteiger partial charge in [0.05, 0.1) is 16.6 Å². The molecule has 0 bridgehead atoms. The number of rotatable bonds is 25. The third-order valence-corrected chi connectivity index (χ3v) is 11.7. The van der Waals surface area contributed by atoms with Gasteiger partial charge in [0.15, 0.2) is 5.82 Å². The van der Waals surface area contributed by atoms with Crippen LogP contribution in [0.3, 0.4) is 0 Å². The molecule has 0 aliphatic heterocycles. The SMILES string of the molecule is CCCCCCCCCCCCCCCCCCc1noc(C(CC(C)C)N(C)S(=O)(=O)c2ccc(Cn3c(C)nc4cnccc43)cc2)n1. The molecule has 0 amide bonds. The van der Waals surface area contributed by atoms with E-state index in [2.05, 4.69) is 40.5 Å². The van der Waals surface area contributed by atoms with Crippen LogP contribution in [0.25, 0.3) is 11.0 Å². The number of hydrogen-bond donors (Lipinski definition) is 0. The lowest BCUT2D eigenvalue weighted by Gasteiger charge is -2.26. The Morgan fingerprint density at radius 3 is 1.96 bits per heavy atom. The molecule has 3 aromatic heterocycles. The normalized spacial score (nSPS) is 12.9. The minimum atomic E-state index is -3.81. The van der Waals surface area contributed by atoms with Gasteiger partial charge in [-0.2, -0.15) is 9.29 Å². The number of fused-ring (bicyclic) bond motifs is 1. The second kappa shape index (κ2) is 20.7. The van der Waals surface area contributed by atoms with E-state index in [0.29, 0.717) is 24.7 Å². The van der Waals surface area contributed by atoms with Crippen molar-refractivity contribution in [3.05, 3.63) is 65.8 Å². The average Bonchev–Trinajstić information content (AvgIpc) is 3.70. The van der Waals surface area contributed by atoms with Gasteiger partial charge in [-0.05, 0) is 49.4 Å². The molecule has 0 aliphatic rings. The van der Waals surface area contributed by atoms with Crippen molar-refractivity contribution < 1.29 is 12.9 Å². The third-order valence-electron chi connectivity index (χ3n) is 9.84. The number of pyridine rings is 1. The number of aromatic nitrogens is 5. The number of imidazole rings is 1. The number of unbranched alkanes of at least 4 members (excludes halogenated alkanes) is 15.